The van der Waals surface area contributed by atoms with Crippen LogP contribution in [0.15, 0.2) is 24.3 Å². The normalized spacial score (nSPS) is 12.5. The molecule has 0 spiro atoms. The van der Waals surface area contributed by atoms with Gasteiger partial charge in [-0.25, -0.2) is 0 Å². The maximum absolute atomic E-state index is 5.88. The van der Waals surface area contributed by atoms with E-state index in [1.165, 1.54) is 44.5 Å². The molecule has 0 aromatic heterocycles. The predicted molar refractivity (Wildman–Crippen MR) is 92.9 cm³/mol. The van der Waals surface area contributed by atoms with Crippen LogP contribution in [0.5, 0.6) is 0 Å². The number of hydrogen-bond donors (Lipinski definition) is 1. The van der Waals surface area contributed by atoms with Gasteiger partial charge in [0, 0.05) is 6.04 Å². The third kappa shape index (κ3) is 3.03. The van der Waals surface area contributed by atoms with Gasteiger partial charge in [-0.3, -0.25) is 0 Å². The van der Waals surface area contributed by atoms with E-state index >= 15 is 0 Å². The van der Waals surface area contributed by atoms with Crippen molar-refractivity contribution < 1.29 is 0 Å². The molecule has 1 unspecified atom stereocenters. The summed E-state index contributed by atoms with van der Waals surface area (Å²) < 4.78 is 0. The summed E-state index contributed by atoms with van der Waals surface area (Å²) >= 11 is 0. The first-order valence-corrected chi connectivity index (χ1v) is 7.74. The van der Waals surface area contributed by atoms with Crippen LogP contribution in [0.25, 0.3) is 11.1 Å². The molecular formula is C20H27N. The second kappa shape index (κ2) is 6.03. The lowest BCUT2D eigenvalue weighted by atomic mass is 9.86. The summed E-state index contributed by atoms with van der Waals surface area (Å²) in [6.07, 6.45) is 0.935. The summed E-state index contributed by atoms with van der Waals surface area (Å²) in [5.74, 6) is 0. The fraction of sp³-hybridized carbons (Fsp3) is 0.400. The SMILES string of the molecule is Cc1c(C)c(C)c(-c2ccc(CC(C)N)cc2)c(C)c1C. The maximum Gasteiger partial charge on any atom is 0.00509 e. The molecule has 0 radical (unpaired) electrons. The van der Waals surface area contributed by atoms with Crippen molar-refractivity contribution in [2.75, 3.05) is 0 Å². The first-order valence-electron chi connectivity index (χ1n) is 7.74. The van der Waals surface area contributed by atoms with Gasteiger partial charge in [0.1, 0.15) is 0 Å². The van der Waals surface area contributed by atoms with Crippen LogP contribution in [0.1, 0.15) is 40.3 Å². The van der Waals surface area contributed by atoms with E-state index in [1.54, 1.807) is 0 Å². The third-order valence-corrected chi connectivity index (χ3v) is 4.80. The first-order chi connectivity index (χ1) is 9.82. The smallest absolute Gasteiger partial charge is 0.00509 e. The van der Waals surface area contributed by atoms with Crippen molar-refractivity contribution in [3.63, 3.8) is 0 Å². The van der Waals surface area contributed by atoms with E-state index in [0.29, 0.717) is 0 Å². The van der Waals surface area contributed by atoms with Gasteiger partial charge >= 0.3 is 0 Å². The number of rotatable bonds is 3. The Bertz CT molecular complexity index is 620. The van der Waals surface area contributed by atoms with Gasteiger partial charge in [0.25, 0.3) is 0 Å². The van der Waals surface area contributed by atoms with Gasteiger partial charge in [-0.1, -0.05) is 24.3 Å². The fourth-order valence-electron chi connectivity index (χ4n) is 3.11. The summed E-state index contributed by atoms with van der Waals surface area (Å²) in [6, 6.07) is 9.11. The zero-order valence-corrected chi connectivity index (χ0v) is 14.2. The quantitative estimate of drug-likeness (QED) is 0.860. The van der Waals surface area contributed by atoms with Crippen LogP contribution in [0.2, 0.25) is 0 Å². The van der Waals surface area contributed by atoms with Gasteiger partial charge < -0.3 is 5.73 Å². The van der Waals surface area contributed by atoms with Crippen molar-refractivity contribution in [3.8, 4) is 11.1 Å². The minimum absolute atomic E-state index is 0.211. The Morgan fingerprint density at radius 1 is 0.762 bits per heavy atom. The molecule has 0 aliphatic rings. The first kappa shape index (κ1) is 15.8. The Labute approximate surface area is 129 Å². The second-order valence-electron chi connectivity index (χ2n) is 6.38. The summed E-state index contributed by atoms with van der Waals surface area (Å²) in [5.41, 5.74) is 16.9. The minimum Gasteiger partial charge on any atom is -0.328 e. The molecule has 2 aromatic carbocycles. The van der Waals surface area contributed by atoms with Gasteiger partial charge in [0.15, 0.2) is 0 Å². The lowest BCUT2D eigenvalue weighted by Gasteiger charge is -2.19. The predicted octanol–water partition coefficient (Wildman–Crippen LogP) is 4.79. The Morgan fingerprint density at radius 2 is 1.19 bits per heavy atom. The minimum atomic E-state index is 0.211. The van der Waals surface area contributed by atoms with E-state index in [9.17, 15) is 0 Å². The standard InChI is InChI=1S/C20H27N/c1-12(21)11-18-7-9-19(10-8-18)20-16(5)14(3)13(2)15(4)17(20)6/h7-10,12H,11,21H2,1-6H3. The molecule has 2 rings (SSSR count). The highest BCUT2D eigenvalue weighted by Crippen LogP contribution is 2.34. The van der Waals surface area contributed by atoms with Crippen LogP contribution in [-0.2, 0) is 6.42 Å². The highest BCUT2D eigenvalue weighted by atomic mass is 14.6. The molecule has 0 fully saturated rings. The average molecular weight is 281 g/mol. The molecule has 0 saturated heterocycles. The van der Waals surface area contributed by atoms with E-state index in [4.69, 9.17) is 5.73 Å². The fourth-order valence-corrected chi connectivity index (χ4v) is 3.11. The van der Waals surface area contributed by atoms with E-state index in [0.717, 1.165) is 6.42 Å². The number of nitrogens with two attached hydrogens (primary N) is 1. The lowest BCUT2D eigenvalue weighted by Crippen LogP contribution is -2.17. The average Bonchev–Trinajstić information content (AvgIpc) is 2.44. The molecule has 0 aliphatic carbocycles. The highest BCUT2D eigenvalue weighted by molar-refractivity contribution is 5.74. The molecule has 0 bridgehead atoms. The van der Waals surface area contributed by atoms with Gasteiger partial charge in [-0.15, -0.1) is 0 Å². The molecule has 112 valence electrons. The molecule has 2 N–H and O–H groups in total. The number of hydrogen-bond acceptors (Lipinski definition) is 1. The van der Waals surface area contributed by atoms with Crippen molar-refractivity contribution in [2.24, 2.45) is 5.73 Å². The van der Waals surface area contributed by atoms with Crippen LogP contribution in [0.3, 0.4) is 0 Å². The van der Waals surface area contributed by atoms with Crippen LogP contribution in [-0.4, -0.2) is 6.04 Å². The Hall–Kier alpha value is -1.60. The zero-order valence-electron chi connectivity index (χ0n) is 14.2. The zero-order chi connectivity index (χ0) is 15.7. The summed E-state index contributed by atoms with van der Waals surface area (Å²) in [6.45, 7) is 13.2. The van der Waals surface area contributed by atoms with Crippen LogP contribution < -0.4 is 5.73 Å². The molecule has 2 aromatic rings. The maximum atomic E-state index is 5.88. The van der Waals surface area contributed by atoms with E-state index in [2.05, 4.69) is 65.8 Å². The van der Waals surface area contributed by atoms with Crippen molar-refractivity contribution in [3.05, 3.63) is 57.6 Å². The molecule has 0 heterocycles. The Balaban J connectivity index is 2.52. The van der Waals surface area contributed by atoms with Crippen LogP contribution in [0.4, 0.5) is 0 Å². The summed E-state index contributed by atoms with van der Waals surface area (Å²) in [7, 11) is 0. The van der Waals surface area contributed by atoms with Crippen molar-refractivity contribution in [1.82, 2.24) is 0 Å². The molecule has 0 saturated carbocycles. The van der Waals surface area contributed by atoms with Crippen molar-refractivity contribution in [2.45, 2.75) is 54.0 Å². The third-order valence-electron chi connectivity index (χ3n) is 4.80. The van der Waals surface area contributed by atoms with Gasteiger partial charge in [0.05, 0.1) is 0 Å². The lowest BCUT2D eigenvalue weighted by molar-refractivity contribution is 0.738. The highest BCUT2D eigenvalue weighted by Gasteiger charge is 2.13. The monoisotopic (exact) mass is 281 g/mol. The molecular weight excluding hydrogens is 254 g/mol. The molecule has 1 nitrogen and oxygen atoms in total. The van der Waals surface area contributed by atoms with Crippen LogP contribution >= 0.6 is 0 Å². The van der Waals surface area contributed by atoms with E-state index < -0.39 is 0 Å². The second-order valence-corrected chi connectivity index (χ2v) is 6.38. The van der Waals surface area contributed by atoms with Gasteiger partial charge in [-0.05, 0) is 92.5 Å². The molecule has 1 atom stereocenters. The topological polar surface area (TPSA) is 26.0 Å². The van der Waals surface area contributed by atoms with E-state index in [-0.39, 0.29) is 6.04 Å². The summed E-state index contributed by atoms with van der Waals surface area (Å²) in [5, 5.41) is 0. The molecule has 0 amide bonds. The molecule has 0 aliphatic heterocycles. The van der Waals surface area contributed by atoms with Gasteiger partial charge in [0.2, 0.25) is 0 Å². The number of benzene rings is 2. The summed E-state index contributed by atoms with van der Waals surface area (Å²) in [4.78, 5) is 0. The Kier molecular flexibility index (Phi) is 4.53. The van der Waals surface area contributed by atoms with E-state index in [1.807, 2.05) is 0 Å². The van der Waals surface area contributed by atoms with Crippen molar-refractivity contribution in [1.29, 1.82) is 0 Å². The largest absolute Gasteiger partial charge is 0.328 e. The van der Waals surface area contributed by atoms with Crippen LogP contribution in [0, 0.1) is 34.6 Å². The van der Waals surface area contributed by atoms with Gasteiger partial charge in [-0.2, -0.15) is 0 Å². The molecule has 21 heavy (non-hydrogen) atoms. The Morgan fingerprint density at radius 3 is 1.62 bits per heavy atom. The van der Waals surface area contributed by atoms with Crippen molar-refractivity contribution >= 4 is 0 Å². The molecule has 1 heteroatoms.